The van der Waals surface area contributed by atoms with E-state index in [0.29, 0.717) is 10.7 Å². The molecule has 2 rings (SSSR count). The number of nitrogens with zero attached hydrogens (tertiary/aromatic N) is 1. The minimum atomic E-state index is -0.308. The Morgan fingerprint density at radius 1 is 1.50 bits per heavy atom. The zero-order valence-electron chi connectivity index (χ0n) is 8.62. The van der Waals surface area contributed by atoms with Gasteiger partial charge in [-0.3, -0.25) is 0 Å². The van der Waals surface area contributed by atoms with Gasteiger partial charge in [0.1, 0.15) is 0 Å². The van der Waals surface area contributed by atoms with Crippen molar-refractivity contribution in [3.8, 4) is 0 Å². The second-order valence-corrected chi connectivity index (χ2v) is 3.95. The SMILES string of the molecule is CC1NC(=O)NN=C1c1ccc(N)c(Cl)c1. The normalized spacial score (nSPS) is 19.8. The molecule has 0 bridgehead atoms. The van der Waals surface area contributed by atoms with Crippen LogP contribution in [0.5, 0.6) is 0 Å². The van der Waals surface area contributed by atoms with Crippen molar-refractivity contribution < 1.29 is 4.79 Å². The van der Waals surface area contributed by atoms with Crippen molar-refractivity contribution in [1.29, 1.82) is 0 Å². The number of urea groups is 1. The Kier molecular flexibility index (Phi) is 2.70. The van der Waals surface area contributed by atoms with Gasteiger partial charge in [-0.2, -0.15) is 5.10 Å². The fourth-order valence-corrected chi connectivity index (χ4v) is 1.69. The monoisotopic (exact) mass is 238 g/mol. The topological polar surface area (TPSA) is 79.5 Å². The summed E-state index contributed by atoms with van der Waals surface area (Å²) in [5, 5.41) is 7.17. The first-order valence-electron chi connectivity index (χ1n) is 4.77. The van der Waals surface area contributed by atoms with Gasteiger partial charge >= 0.3 is 6.03 Å². The second-order valence-electron chi connectivity index (χ2n) is 3.54. The zero-order chi connectivity index (χ0) is 11.7. The Bertz CT molecular complexity index is 472. The number of carbonyl (C=O) groups excluding carboxylic acids is 1. The molecule has 0 aromatic heterocycles. The summed E-state index contributed by atoms with van der Waals surface area (Å²) in [5.74, 6) is 0. The Labute approximate surface area is 97.7 Å². The maximum absolute atomic E-state index is 11.0. The molecule has 0 saturated carbocycles. The number of hydrogen-bond donors (Lipinski definition) is 3. The molecule has 1 aromatic rings. The summed E-state index contributed by atoms with van der Waals surface area (Å²) < 4.78 is 0. The lowest BCUT2D eigenvalue weighted by molar-refractivity contribution is 0.239. The summed E-state index contributed by atoms with van der Waals surface area (Å²) in [6, 6.07) is 4.79. The van der Waals surface area contributed by atoms with Crippen LogP contribution in [-0.4, -0.2) is 17.8 Å². The molecule has 1 heterocycles. The van der Waals surface area contributed by atoms with E-state index in [1.165, 1.54) is 0 Å². The maximum Gasteiger partial charge on any atom is 0.335 e. The van der Waals surface area contributed by atoms with Gasteiger partial charge in [-0.05, 0) is 19.1 Å². The molecule has 2 amide bonds. The van der Waals surface area contributed by atoms with E-state index in [1.54, 1.807) is 12.1 Å². The van der Waals surface area contributed by atoms with Crippen molar-refractivity contribution in [3.63, 3.8) is 0 Å². The highest BCUT2D eigenvalue weighted by Crippen LogP contribution is 2.21. The number of nitrogens with one attached hydrogen (secondary N) is 2. The Hall–Kier alpha value is -1.75. The van der Waals surface area contributed by atoms with Crippen molar-refractivity contribution in [2.75, 3.05) is 5.73 Å². The van der Waals surface area contributed by atoms with Gasteiger partial charge in [0.15, 0.2) is 0 Å². The Morgan fingerprint density at radius 2 is 2.25 bits per heavy atom. The fraction of sp³-hybridized carbons (Fsp3) is 0.200. The number of carbonyl (C=O) groups is 1. The van der Waals surface area contributed by atoms with E-state index < -0.39 is 0 Å². The van der Waals surface area contributed by atoms with E-state index in [1.807, 2.05) is 13.0 Å². The average molecular weight is 239 g/mol. The molecule has 4 N–H and O–H groups in total. The molecule has 0 spiro atoms. The van der Waals surface area contributed by atoms with Crippen LogP contribution in [0, 0.1) is 0 Å². The number of nitrogen functional groups attached to an aromatic ring is 1. The number of amides is 2. The summed E-state index contributed by atoms with van der Waals surface area (Å²) in [4.78, 5) is 11.0. The van der Waals surface area contributed by atoms with Crippen LogP contribution in [0.3, 0.4) is 0 Å². The second kappa shape index (κ2) is 4.02. The van der Waals surface area contributed by atoms with Gasteiger partial charge < -0.3 is 11.1 Å². The summed E-state index contributed by atoms with van der Waals surface area (Å²) in [5.41, 5.74) is 10.1. The highest BCUT2D eigenvalue weighted by Gasteiger charge is 2.20. The van der Waals surface area contributed by atoms with Crippen molar-refractivity contribution in [1.82, 2.24) is 10.7 Å². The highest BCUT2D eigenvalue weighted by molar-refractivity contribution is 6.33. The van der Waals surface area contributed by atoms with Gasteiger partial charge in [0.2, 0.25) is 0 Å². The third-order valence-corrected chi connectivity index (χ3v) is 2.66. The van der Waals surface area contributed by atoms with Gasteiger partial charge in [0.05, 0.1) is 22.5 Å². The van der Waals surface area contributed by atoms with E-state index >= 15 is 0 Å². The van der Waals surface area contributed by atoms with Crippen LogP contribution in [0.2, 0.25) is 5.02 Å². The van der Waals surface area contributed by atoms with Crippen LogP contribution in [0.15, 0.2) is 23.3 Å². The molecular formula is C10H11ClN4O. The van der Waals surface area contributed by atoms with Crippen molar-refractivity contribution in [3.05, 3.63) is 28.8 Å². The third-order valence-electron chi connectivity index (χ3n) is 2.33. The van der Waals surface area contributed by atoms with Gasteiger partial charge in [-0.1, -0.05) is 17.7 Å². The maximum atomic E-state index is 11.0. The summed E-state index contributed by atoms with van der Waals surface area (Å²) >= 11 is 5.92. The zero-order valence-corrected chi connectivity index (χ0v) is 9.38. The van der Waals surface area contributed by atoms with E-state index in [4.69, 9.17) is 17.3 Å². The smallest absolute Gasteiger partial charge is 0.335 e. The molecular weight excluding hydrogens is 228 g/mol. The molecule has 1 unspecified atom stereocenters. The van der Waals surface area contributed by atoms with Crippen molar-refractivity contribution in [2.24, 2.45) is 5.10 Å². The van der Waals surface area contributed by atoms with Gasteiger partial charge in [0, 0.05) is 5.56 Å². The summed E-state index contributed by atoms with van der Waals surface area (Å²) in [6.07, 6.45) is 0. The highest BCUT2D eigenvalue weighted by atomic mass is 35.5. The van der Waals surface area contributed by atoms with E-state index in [9.17, 15) is 4.79 Å². The van der Waals surface area contributed by atoms with Crippen LogP contribution in [0.1, 0.15) is 12.5 Å². The average Bonchev–Trinajstić information content (AvgIpc) is 2.22. The molecule has 0 radical (unpaired) electrons. The van der Waals surface area contributed by atoms with Crippen LogP contribution in [0.4, 0.5) is 10.5 Å². The first-order valence-corrected chi connectivity index (χ1v) is 5.15. The Balaban J connectivity index is 2.37. The van der Waals surface area contributed by atoms with Gasteiger partial charge in [-0.25, -0.2) is 10.2 Å². The van der Waals surface area contributed by atoms with Crippen LogP contribution in [-0.2, 0) is 0 Å². The Morgan fingerprint density at radius 3 is 2.88 bits per heavy atom. The molecule has 0 fully saturated rings. The van der Waals surface area contributed by atoms with Crippen molar-refractivity contribution in [2.45, 2.75) is 13.0 Å². The summed E-state index contributed by atoms with van der Waals surface area (Å²) in [6.45, 7) is 1.85. The number of nitrogens with two attached hydrogens (primary N) is 1. The minimum absolute atomic E-state index is 0.159. The number of rotatable bonds is 1. The number of benzene rings is 1. The van der Waals surface area contributed by atoms with E-state index in [0.717, 1.165) is 11.3 Å². The molecule has 1 atom stereocenters. The fourth-order valence-electron chi connectivity index (χ4n) is 1.51. The lowest BCUT2D eigenvalue weighted by Gasteiger charge is -2.21. The molecule has 1 aliphatic rings. The molecule has 6 heteroatoms. The third kappa shape index (κ3) is 1.94. The lowest BCUT2D eigenvalue weighted by Crippen LogP contribution is -2.48. The molecule has 0 saturated heterocycles. The predicted molar refractivity (Wildman–Crippen MR) is 63.5 cm³/mol. The van der Waals surface area contributed by atoms with Gasteiger partial charge in [-0.15, -0.1) is 0 Å². The number of halogens is 1. The molecule has 16 heavy (non-hydrogen) atoms. The van der Waals surface area contributed by atoms with Crippen LogP contribution in [0.25, 0.3) is 0 Å². The number of hydrogen-bond acceptors (Lipinski definition) is 3. The predicted octanol–water partition coefficient (Wildman–Crippen LogP) is 1.33. The van der Waals surface area contributed by atoms with E-state index in [2.05, 4.69) is 15.8 Å². The number of hydrazone groups is 1. The largest absolute Gasteiger partial charge is 0.398 e. The van der Waals surface area contributed by atoms with E-state index in [-0.39, 0.29) is 12.1 Å². The van der Waals surface area contributed by atoms with Crippen LogP contribution >= 0.6 is 11.6 Å². The molecule has 1 aromatic carbocycles. The lowest BCUT2D eigenvalue weighted by atomic mass is 10.0. The van der Waals surface area contributed by atoms with Crippen molar-refractivity contribution >= 4 is 29.0 Å². The molecule has 5 nitrogen and oxygen atoms in total. The number of anilines is 1. The van der Waals surface area contributed by atoms with Crippen LogP contribution < -0.4 is 16.5 Å². The molecule has 84 valence electrons. The molecule has 1 aliphatic heterocycles. The van der Waals surface area contributed by atoms with Gasteiger partial charge in [0.25, 0.3) is 0 Å². The standard InChI is InChI=1S/C10H11ClN4O/c1-5-9(14-15-10(16)13-5)6-2-3-8(12)7(11)4-6/h2-5H,12H2,1H3,(H2,13,15,16). The quantitative estimate of drug-likeness (QED) is 0.646. The minimum Gasteiger partial charge on any atom is -0.398 e. The first kappa shape index (κ1) is 10.8. The first-order chi connectivity index (χ1) is 7.58. The summed E-state index contributed by atoms with van der Waals surface area (Å²) in [7, 11) is 0. The molecule has 0 aliphatic carbocycles.